The number of hydrogen-bond donors (Lipinski definition) is 4. The standard InChI is InChI=1S/C20H21FN8O2/c21-17-11-24-19(27-20-22-4-5-28(20)6-7-30)26-18(17)23-9-14-2-1-3-15(8-14)16-10-25-29(12-16)13-31/h1-5,8,10-12,30-31H,6-7,9,13H2,(H2,22,23,24,26,27). The van der Waals surface area contributed by atoms with E-state index in [0.29, 0.717) is 19.0 Å². The zero-order chi connectivity index (χ0) is 21.6. The Labute approximate surface area is 177 Å². The minimum Gasteiger partial charge on any atom is -0.395 e. The van der Waals surface area contributed by atoms with Gasteiger partial charge in [-0.3, -0.25) is 5.32 Å². The molecular weight excluding hydrogens is 403 g/mol. The van der Waals surface area contributed by atoms with E-state index in [1.807, 2.05) is 24.3 Å². The third-order valence-electron chi connectivity index (χ3n) is 4.52. The van der Waals surface area contributed by atoms with Gasteiger partial charge < -0.3 is 20.1 Å². The van der Waals surface area contributed by atoms with Crippen LogP contribution in [0.25, 0.3) is 11.1 Å². The number of imidazole rings is 1. The molecule has 3 aromatic heterocycles. The summed E-state index contributed by atoms with van der Waals surface area (Å²) in [6.07, 6.45) is 7.79. The number of hydrogen-bond acceptors (Lipinski definition) is 8. The predicted octanol–water partition coefficient (Wildman–Crippen LogP) is 1.97. The van der Waals surface area contributed by atoms with Crippen molar-refractivity contribution in [1.29, 1.82) is 0 Å². The summed E-state index contributed by atoms with van der Waals surface area (Å²) in [7, 11) is 0. The van der Waals surface area contributed by atoms with Crippen LogP contribution in [-0.4, -0.2) is 46.1 Å². The zero-order valence-corrected chi connectivity index (χ0v) is 16.5. The molecule has 0 aliphatic rings. The van der Waals surface area contributed by atoms with Crippen LogP contribution in [-0.2, 0) is 19.8 Å². The van der Waals surface area contributed by atoms with Crippen LogP contribution in [0.5, 0.6) is 0 Å². The lowest BCUT2D eigenvalue weighted by atomic mass is 10.1. The van der Waals surface area contributed by atoms with Gasteiger partial charge in [-0.2, -0.15) is 10.1 Å². The number of nitrogens with one attached hydrogen (secondary N) is 2. The van der Waals surface area contributed by atoms with E-state index in [-0.39, 0.29) is 25.1 Å². The smallest absolute Gasteiger partial charge is 0.231 e. The second kappa shape index (κ2) is 9.32. The van der Waals surface area contributed by atoms with Crippen LogP contribution in [0.3, 0.4) is 0 Å². The topological polar surface area (TPSA) is 126 Å². The average molecular weight is 424 g/mol. The second-order valence-electron chi connectivity index (χ2n) is 6.65. The highest BCUT2D eigenvalue weighted by atomic mass is 19.1. The van der Waals surface area contributed by atoms with Crippen LogP contribution in [0.4, 0.5) is 22.1 Å². The summed E-state index contributed by atoms with van der Waals surface area (Å²) in [6, 6.07) is 7.70. The van der Waals surface area contributed by atoms with E-state index >= 15 is 0 Å². The van der Waals surface area contributed by atoms with Gasteiger partial charge in [-0.05, 0) is 17.2 Å². The maximum absolute atomic E-state index is 14.2. The Kier molecular flexibility index (Phi) is 6.15. The molecule has 0 fully saturated rings. The Morgan fingerprint density at radius 1 is 1.10 bits per heavy atom. The largest absolute Gasteiger partial charge is 0.395 e. The van der Waals surface area contributed by atoms with E-state index in [9.17, 15) is 4.39 Å². The van der Waals surface area contributed by atoms with Crippen molar-refractivity contribution in [2.45, 2.75) is 19.8 Å². The zero-order valence-electron chi connectivity index (χ0n) is 16.5. The quantitative estimate of drug-likeness (QED) is 0.321. The highest BCUT2D eigenvalue weighted by molar-refractivity contribution is 5.62. The molecule has 0 aliphatic carbocycles. The van der Waals surface area contributed by atoms with E-state index < -0.39 is 5.82 Å². The van der Waals surface area contributed by atoms with Crippen LogP contribution >= 0.6 is 0 Å². The summed E-state index contributed by atoms with van der Waals surface area (Å²) in [5.74, 6) is 0.100. The van der Waals surface area contributed by atoms with Gasteiger partial charge in [0.2, 0.25) is 11.9 Å². The van der Waals surface area contributed by atoms with Gasteiger partial charge in [0.1, 0.15) is 6.73 Å². The Hall–Kier alpha value is -3.83. The van der Waals surface area contributed by atoms with Gasteiger partial charge in [0.15, 0.2) is 11.6 Å². The van der Waals surface area contributed by atoms with Crippen molar-refractivity contribution in [2.24, 2.45) is 0 Å². The first-order valence-corrected chi connectivity index (χ1v) is 9.54. The molecule has 3 heterocycles. The molecule has 4 aromatic rings. The van der Waals surface area contributed by atoms with Crippen molar-refractivity contribution >= 4 is 17.7 Å². The summed E-state index contributed by atoms with van der Waals surface area (Å²) in [5.41, 5.74) is 2.72. The molecule has 160 valence electrons. The number of anilines is 3. The number of halogens is 1. The molecular formula is C20H21FN8O2. The normalized spacial score (nSPS) is 10.9. The molecule has 0 spiro atoms. The van der Waals surface area contributed by atoms with E-state index in [1.165, 1.54) is 4.68 Å². The molecule has 0 radical (unpaired) electrons. The lowest BCUT2D eigenvalue weighted by Gasteiger charge is -2.11. The summed E-state index contributed by atoms with van der Waals surface area (Å²) in [6.45, 7) is 0.476. The predicted molar refractivity (Wildman–Crippen MR) is 112 cm³/mol. The number of aromatic nitrogens is 6. The third-order valence-corrected chi connectivity index (χ3v) is 4.52. The van der Waals surface area contributed by atoms with Gasteiger partial charge >= 0.3 is 0 Å². The van der Waals surface area contributed by atoms with Crippen molar-refractivity contribution in [3.63, 3.8) is 0 Å². The maximum Gasteiger partial charge on any atom is 0.231 e. The molecule has 0 aliphatic heterocycles. The Morgan fingerprint density at radius 2 is 2.00 bits per heavy atom. The van der Waals surface area contributed by atoms with E-state index in [0.717, 1.165) is 22.9 Å². The van der Waals surface area contributed by atoms with Crippen LogP contribution in [0.2, 0.25) is 0 Å². The summed E-state index contributed by atoms with van der Waals surface area (Å²) in [4.78, 5) is 12.3. The van der Waals surface area contributed by atoms with Crippen molar-refractivity contribution < 1.29 is 14.6 Å². The van der Waals surface area contributed by atoms with Gasteiger partial charge in [-0.25, -0.2) is 19.0 Å². The summed E-state index contributed by atoms with van der Waals surface area (Å²) in [5, 5.41) is 28.2. The monoisotopic (exact) mass is 424 g/mol. The van der Waals surface area contributed by atoms with Gasteiger partial charge in [-0.15, -0.1) is 0 Å². The third kappa shape index (κ3) is 4.85. The fraction of sp³-hybridized carbons (Fsp3) is 0.200. The summed E-state index contributed by atoms with van der Waals surface area (Å²) < 4.78 is 17.4. The van der Waals surface area contributed by atoms with Gasteiger partial charge in [0, 0.05) is 37.2 Å². The number of aliphatic hydroxyl groups excluding tert-OH is 2. The highest BCUT2D eigenvalue weighted by Crippen LogP contribution is 2.21. The van der Waals surface area contributed by atoms with E-state index in [1.54, 1.807) is 29.4 Å². The van der Waals surface area contributed by atoms with Crippen molar-refractivity contribution in [3.05, 3.63) is 66.6 Å². The molecule has 0 unspecified atom stereocenters. The highest BCUT2D eigenvalue weighted by Gasteiger charge is 2.10. The SMILES string of the molecule is OCCn1ccnc1Nc1ncc(F)c(NCc2cccc(-c3cnn(CO)c3)c2)n1. The number of rotatable bonds is 9. The van der Waals surface area contributed by atoms with E-state index in [4.69, 9.17) is 10.2 Å². The molecule has 0 bridgehead atoms. The minimum atomic E-state index is -0.579. The molecule has 11 heteroatoms. The van der Waals surface area contributed by atoms with Gasteiger partial charge in [0.25, 0.3) is 0 Å². The molecule has 31 heavy (non-hydrogen) atoms. The van der Waals surface area contributed by atoms with Crippen molar-refractivity contribution in [1.82, 2.24) is 29.3 Å². The molecule has 0 saturated carbocycles. The number of nitrogens with zero attached hydrogens (tertiary/aromatic N) is 6. The lowest BCUT2D eigenvalue weighted by Crippen LogP contribution is -2.10. The van der Waals surface area contributed by atoms with Gasteiger partial charge in [0.05, 0.1) is 19.0 Å². The molecule has 4 rings (SSSR count). The molecule has 0 amide bonds. The number of benzene rings is 1. The van der Waals surface area contributed by atoms with Crippen LogP contribution in [0.1, 0.15) is 5.56 Å². The van der Waals surface area contributed by atoms with Crippen molar-refractivity contribution in [3.8, 4) is 11.1 Å². The first kappa shape index (κ1) is 20.4. The van der Waals surface area contributed by atoms with Crippen LogP contribution in [0.15, 0.2) is 55.2 Å². The molecule has 1 aromatic carbocycles. The molecule has 4 N–H and O–H groups in total. The number of aliphatic hydroxyl groups is 2. The van der Waals surface area contributed by atoms with Crippen LogP contribution in [0, 0.1) is 5.82 Å². The molecule has 10 nitrogen and oxygen atoms in total. The van der Waals surface area contributed by atoms with Gasteiger partial charge in [-0.1, -0.05) is 18.2 Å². The van der Waals surface area contributed by atoms with E-state index in [2.05, 4.69) is 30.7 Å². The Morgan fingerprint density at radius 3 is 2.81 bits per heavy atom. The average Bonchev–Trinajstić information content (AvgIpc) is 3.44. The second-order valence-corrected chi connectivity index (χ2v) is 6.65. The fourth-order valence-electron chi connectivity index (χ4n) is 3.01. The molecule has 0 saturated heterocycles. The van der Waals surface area contributed by atoms with Crippen molar-refractivity contribution in [2.75, 3.05) is 17.2 Å². The summed E-state index contributed by atoms with van der Waals surface area (Å²) >= 11 is 0. The fourth-order valence-corrected chi connectivity index (χ4v) is 3.01. The first-order valence-electron chi connectivity index (χ1n) is 9.54. The maximum atomic E-state index is 14.2. The Bertz CT molecular complexity index is 1160. The first-order chi connectivity index (χ1) is 15.2. The Balaban J connectivity index is 1.46. The minimum absolute atomic E-state index is 0.0397. The molecule has 0 atom stereocenters. The lowest BCUT2D eigenvalue weighted by molar-refractivity contribution is 0.195. The van der Waals surface area contributed by atoms with Crippen LogP contribution < -0.4 is 10.6 Å².